The quantitative estimate of drug-likeness (QED) is 0.0605. The fourth-order valence-electron chi connectivity index (χ4n) is 9.88. The number of benzene rings is 9. The lowest BCUT2D eigenvalue weighted by atomic mass is 9.67. The highest BCUT2D eigenvalue weighted by Crippen LogP contribution is 2.60. The summed E-state index contributed by atoms with van der Waals surface area (Å²) in [5, 5.41) is 48.4. The second-order valence-electron chi connectivity index (χ2n) is 15.5. The first kappa shape index (κ1) is 35.5. The maximum atomic E-state index is 11.0. The summed E-state index contributed by atoms with van der Waals surface area (Å²) in [7, 11) is 5.93. The van der Waals surface area contributed by atoms with Crippen LogP contribution < -0.4 is 5.46 Å². The fraction of sp³-hybridized carbons (Fsp3) is 0.0370. The Hall–Kier alpha value is -7.70. The van der Waals surface area contributed by atoms with Gasteiger partial charge in [-0.25, -0.2) is 0 Å². The molecule has 284 valence electrons. The van der Waals surface area contributed by atoms with E-state index in [-0.39, 0.29) is 5.56 Å². The number of fused-ring (bicyclic) bond motifs is 10. The van der Waals surface area contributed by atoms with E-state index in [1.807, 2.05) is 49.4 Å². The van der Waals surface area contributed by atoms with Crippen molar-refractivity contribution in [1.29, 1.82) is 0 Å². The lowest BCUT2D eigenvalue weighted by Gasteiger charge is -2.34. The first-order valence-electron chi connectivity index (χ1n) is 19.9. The van der Waals surface area contributed by atoms with Gasteiger partial charge in [0.2, 0.25) is 5.75 Å². The molecule has 0 atom stereocenters. The third-order valence-electron chi connectivity index (χ3n) is 12.4. The predicted molar refractivity (Wildman–Crippen MR) is 244 cm³/mol. The number of aromatic hydroxyl groups is 4. The van der Waals surface area contributed by atoms with Crippen molar-refractivity contribution in [3.8, 4) is 56.4 Å². The molecule has 5 nitrogen and oxygen atoms in total. The summed E-state index contributed by atoms with van der Waals surface area (Å²) in [5.41, 5.74) is 11.0. The number of phenols is 4. The number of phenolic OH excluding ortho intramolecular Hbond substituents is 4. The van der Waals surface area contributed by atoms with Gasteiger partial charge in [0.15, 0.2) is 11.5 Å². The molecule has 0 saturated heterocycles. The number of hydrogen-bond acceptors (Lipinski definition) is 5. The minimum absolute atomic E-state index is 0.0666. The molecule has 1 aliphatic rings. The second-order valence-corrected chi connectivity index (χ2v) is 15.5. The number of hydrogen-bond donors (Lipinski definition) is 4. The van der Waals surface area contributed by atoms with Crippen molar-refractivity contribution >= 4 is 62.9 Å². The van der Waals surface area contributed by atoms with E-state index in [1.165, 1.54) is 16.7 Å². The van der Waals surface area contributed by atoms with Crippen LogP contribution in [0.1, 0.15) is 34.7 Å². The molecule has 2 radical (unpaired) electrons. The first-order chi connectivity index (χ1) is 29.3. The Morgan fingerprint density at radius 1 is 0.517 bits per heavy atom. The molecule has 6 heteroatoms. The maximum Gasteiger partial charge on any atom is 0.200 e. The summed E-state index contributed by atoms with van der Waals surface area (Å²) in [6.07, 6.45) is 3.91. The van der Waals surface area contributed by atoms with Crippen molar-refractivity contribution in [3.63, 3.8) is 0 Å². The highest BCUT2D eigenvalue weighted by Gasteiger charge is 2.48. The van der Waals surface area contributed by atoms with Gasteiger partial charge in [-0.1, -0.05) is 140 Å². The summed E-state index contributed by atoms with van der Waals surface area (Å²) in [5.74, 6) is -2.74. The van der Waals surface area contributed by atoms with Gasteiger partial charge < -0.3 is 24.8 Å². The summed E-state index contributed by atoms with van der Waals surface area (Å²) in [6, 6.07) is 55.4. The molecule has 9 aromatic carbocycles. The van der Waals surface area contributed by atoms with E-state index < -0.39 is 33.9 Å². The van der Waals surface area contributed by atoms with E-state index in [2.05, 4.69) is 127 Å². The molecule has 4 N–H and O–H groups in total. The molecule has 0 spiro atoms. The fourth-order valence-corrected chi connectivity index (χ4v) is 9.88. The van der Waals surface area contributed by atoms with Gasteiger partial charge in [-0.15, -0.1) is 0 Å². The van der Waals surface area contributed by atoms with Crippen molar-refractivity contribution in [2.45, 2.75) is 12.3 Å². The monoisotopic (exact) mass is 774 g/mol. The van der Waals surface area contributed by atoms with Crippen LogP contribution in [0.4, 0.5) is 0 Å². The molecule has 0 bridgehead atoms. The van der Waals surface area contributed by atoms with Crippen molar-refractivity contribution < 1.29 is 24.8 Å². The summed E-state index contributed by atoms with van der Waals surface area (Å²) in [6.45, 7) is 1.93. The van der Waals surface area contributed by atoms with Crippen LogP contribution in [-0.4, -0.2) is 28.3 Å². The molecule has 1 aliphatic carbocycles. The SMILES string of the molecule is [B]c1c(O)c(O)c(O)c(-c2cc(/C=C\C)c3c(ccc4cc(-c5cc6c(c7oc8ccccc8c57)-c5ccccc5C6(c5ccccc5)c5ccccc5)ccc43)c2)c1O. The van der Waals surface area contributed by atoms with Crippen LogP contribution in [0.3, 0.4) is 0 Å². The summed E-state index contributed by atoms with van der Waals surface area (Å²) < 4.78 is 6.97. The van der Waals surface area contributed by atoms with Gasteiger partial charge in [0.25, 0.3) is 0 Å². The number of allylic oxidation sites excluding steroid dienone is 1. The standard InChI is InChI=1S/C54H35BO5/c1-2-13-32-27-34(45-49(56)48(55)51(58)52(59)50(45)57)28-33-23-22-30-26-31(24-25-37(30)44(32)33)40-29-42-47(53-46(40)39-19-10-12-21-43(39)60-53)38-18-9-11-20-41(38)54(42,35-14-5-3-6-15-35)36-16-7-4-8-17-36/h2-29,56-59H,1H3/b13-2-. The highest BCUT2D eigenvalue weighted by molar-refractivity contribution is 6.37. The molecule has 0 saturated carbocycles. The second kappa shape index (κ2) is 13.2. The van der Waals surface area contributed by atoms with E-state index in [0.717, 1.165) is 76.9 Å². The predicted octanol–water partition coefficient (Wildman–Crippen LogP) is 12.2. The Kier molecular flexibility index (Phi) is 7.78. The lowest BCUT2D eigenvalue weighted by Crippen LogP contribution is -2.28. The summed E-state index contributed by atoms with van der Waals surface area (Å²) >= 11 is 0. The smallest absolute Gasteiger partial charge is 0.200 e. The highest BCUT2D eigenvalue weighted by atomic mass is 16.3. The van der Waals surface area contributed by atoms with Gasteiger partial charge in [0.05, 0.1) is 11.0 Å². The number of furan rings is 1. The lowest BCUT2D eigenvalue weighted by molar-refractivity contribution is 0.365. The third-order valence-corrected chi connectivity index (χ3v) is 12.4. The van der Waals surface area contributed by atoms with Gasteiger partial charge in [0.1, 0.15) is 24.8 Å². The van der Waals surface area contributed by atoms with Crippen molar-refractivity contribution in [2.24, 2.45) is 0 Å². The largest absolute Gasteiger partial charge is 0.508 e. The molecule has 11 rings (SSSR count). The molecule has 1 aromatic heterocycles. The van der Waals surface area contributed by atoms with Crippen LogP contribution in [-0.2, 0) is 5.41 Å². The average molecular weight is 775 g/mol. The Morgan fingerprint density at radius 2 is 1.18 bits per heavy atom. The molecule has 60 heavy (non-hydrogen) atoms. The molecule has 0 aliphatic heterocycles. The topological polar surface area (TPSA) is 94.1 Å². The first-order valence-corrected chi connectivity index (χ1v) is 19.9. The van der Waals surface area contributed by atoms with E-state index in [4.69, 9.17) is 12.3 Å². The molecule has 0 unspecified atom stereocenters. The van der Waals surface area contributed by atoms with Crippen molar-refractivity contribution in [1.82, 2.24) is 0 Å². The van der Waals surface area contributed by atoms with Crippen LogP contribution in [0.2, 0.25) is 0 Å². The van der Waals surface area contributed by atoms with Crippen LogP contribution in [0.15, 0.2) is 168 Å². The molecule has 1 heterocycles. The number of rotatable bonds is 5. The van der Waals surface area contributed by atoms with E-state index in [1.54, 1.807) is 0 Å². The van der Waals surface area contributed by atoms with Crippen molar-refractivity contribution in [2.75, 3.05) is 0 Å². The summed E-state index contributed by atoms with van der Waals surface area (Å²) in [4.78, 5) is 0. The number of para-hydroxylation sites is 1. The van der Waals surface area contributed by atoms with Crippen LogP contribution in [0.25, 0.3) is 82.9 Å². The van der Waals surface area contributed by atoms with Gasteiger partial charge >= 0.3 is 0 Å². The van der Waals surface area contributed by atoms with Crippen LogP contribution in [0, 0.1) is 0 Å². The van der Waals surface area contributed by atoms with Gasteiger partial charge in [0, 0.05) is 16.3 Å². The van der Waals surface area contributed by atoms with Gasteiger partial charge in [-0.3, -0.25) is 0 Å². The normalized spacial score (nSPS) is 13.2. The molecule has 0 amide bonds. The van der Waals surface area contributed by atoms with Crippen LogP contribution in [0.5, 0.6) is 23.0 Å². The maximum absolute atomic E-state index is 11.0. The van der Waals surface area contributed by atoms with Gasteiger partial charge in [-0.2, -0.15) is 0 Å². The zero-order valence-electron chi connectivity index (χ0n) is 32.4. The Bertz CT molecular complexity index is 3370. The van der Waals surface area contributed by atoms with E-state index >= 15 is 0 Å². The van der Waals surface area contributed by atoms with Crippen LogP contribution >= 0.6 is 0 Å². The zero-order valence-corrected chi connectivity index (χ0v) is 32.4. The molecular weight excluding hydrogens is 739 g/mol. The zero-order chi connectivity index (χ0) is 40.9. The minimum Gasteiger partial charge on any atom is -0.508 e. The minimum atomic E-state index is -0.793. The van der Waals surface area contributed by atoms with E-state index in [0.29, 0.717) is 5.56 Å². The molecule has 0 fully saturated rings. The Balaban J connectivity index is 1.20. The van der Waals surface area contributed by atoms with Gasteiger partial charge in [-0.05, 0) is 114 Å². The Morgan fingerprint density at radius 3 is 1.93 bits per heavy atom. The molecule has 10 aromatic rings. The Labute approximate surface area is 346 Å². The third kappa shape index (κ3) is 4.82. The average Bonchev–Trinajstić information content (AvgIpc) is 3.82. The van der Waals surface area contributed by atoms with Crippen molar-refractivity contribution in [3.05, 3.63) is 192 Å². The van der Waals surface area contributed by atoms with E-state index in [9.17, 15) is 20.4 Å². The molecular formula is C54H35BO5.